The van der Waals surface area contributed by atoms with Crippen molar-refractivity contribution in [3.63, 3.8) is 0 Å². The second-order valence-corrected chi connectivity index (χ2v) is 4.03. The molecule has 1 heterocycles. The molecule has 2 rings (SSSR count). The number of carbonyl (C=O) groups excluding carboxylic acids is 1. The SMILES string of the molecule is CCOC(=O)c1ccc(NCCc2ncno2)c(N)c1. The quantitative estimate of drug-likeness (QED) is 0.608. The second kappa shape index (κ2) is 6.55. The molecule has 7 heteroatoms. The molecule has 1 aromatic heterocycles. The third-order valence-electron chi connectivity index (χ3n) is 2.62. The van der Waals surface area contributed by atoms with E-state index in [1.54, 1.807) is 25.1 Å². The van der Waals surface area contributed by atoms with Gasteiger partial charge >= 0.3 is 5.97 Å². The van der Waals surface area contributed by atoms with Crippen molar-refractivity contribution in [1.82, 2.24) is 10.1 Å². The number of hydrogen-bond donors (Lipinski definition) is 2. The van der Waals surface area contributed by atoms with E-state index in [1.807, 2.05) is 0 Å². The van der Waals surface area contributed by atoms with Crippen LogP contribution in [0.15, 0.2) is 29.0 Å². The van der Waals surface area contributed by atoms with E-state index in [-0.39, 0.29) is 5.97 Å². The molecule has 0 atom stereocenters. The fraction of sp³-hybridized carbons (Fsp3) is 0.308. The maximum atomic E-state index is 11.6. The van der Waals surface area contributed by atoms with Gasteiger partial charge in [0.15, 0.2) is 6.33 Å². The van der Waals surface area contributed by atoms with Crippen molar-refractivity contribution < 1.29 is 14.1 Å². The Bertz CT molecular complexity index is 569. The first-order chi connectivity index (χ1) is 9.70. The number of ether oxygens (including phenoxy) is 1. The Kier molecular flexibility index (Phi) is 4.54. The Hall–Kier alpha value is -2.57. The summed E-state index contributed by atoms with van der Waals surface area (Å²) in [5, 5.41) is 6.67. The molecule has 1 aromatic carbocycles. The topological polar surface area (TPSA) is 103 Å². The molecule has 0 amide bonds. The van der Waals surface area contributed by atoms with Crippen molar-refractivity contribution in [1.29, 1.82) is 0 Å². The van der Waals surface area contributed by atoms with E-state index >= 15 is 0 Å². The Balaban J connectivity index is 1.93. The predicted molar refractivity (Wildman–Crippen MR) is 73.3 cm³/mol. The first-order valence-electron chi connectivity index (χ1n) is 6.26. The van der Waals surface area contributed by atoms with Gasteiger partial charge in [-0.1, -0.05) is 5.16 Å². The average molecular weight is 276 g/mol. The minimum absolute atomic E-state index is 0.336. The largest absolute Gasteiger partial charge is 0.462 e. The molecule has 0 unspecified atom stereocenters. The summed E-state index contributed by atoms with van der Waals surface area (Å²) < 4.78 is 9.80. The summed E-state index contributed by atoms with van der Waals surface area (Å²) in [6.45, 7) is 2.70. The van der Waals surface area contributed by atoms with Crippen LogP contribution in [0.2, 0.25) is 0 Å². The minimum atomic E-state index is -0.378. The zero-order valence-electron chi connectivity index (χ0n) is 11.1. The second-order valence-electron chi connectivity index (χ2n) is 4.03. The Morgan fingerprint density at radius 2 is 2.35 bits per heavy atom. The normalized spacial score (nSPS) is 10.2. The molecular formula is C13H16N4O3. The lowest BCUT2D eigenvalue weighted by Crippen LogP contribution is -2.09. The average Bonchev–Trinajstić information content (AvgIpc) is 2.94. The standard InChI is InChI=1S/C13H16N4O3/c1-2-19-13(18)9-3-4-11(10(14)7-9)15-6-5-12-16-8-17-20-12/h3-4,7-8,15H,2,5-6,14H2,1H3. The van der Waals surface area contributed by atoms with E-state index in [2.05, 4.69) is 15.5 Å². The lowest BCUT2D eigenvalue weighted by Gasteiger charge is -2.09. The summed E-state index contributed by atoms with van der Waals surface area (Å²) in [4.78, 5) is 15.5. The maximum Gasteiger partial charge on any atom is 0.338 e. The number of nitrogens with two attached hydrogens (primary N) is 1. The van der Waals surface area contributed by atoms with Crippen LogP contribution < -0.4 is 11.1 Å². The molecule has 0 saturated heterocycles. The highest BCUT2D eigenvalue weighted by Crippen LogP contribution is 2.20. The van der Waals surface area contributed by atoms with Crippen LogP contribution in [-0.4, -0.2) is 29.3 Å². The molecule has 0 aliphatic rings. The van der Waals surface area contributed by atoms with Crippen LogP contribution in [-0.2, 0) is 11.2 Å². The first-order valence-corrected chi connectivity index (χ1v) is 6.26. The van der Waals surface area contributed by atoms with Crippen molar-refractivity contribution in [3.05, 3.63) is 36.0 Å². The van der Waals surface area contributed by atoms with E-state index in [0.717, 1.165) is 5.69 Å². The number of nitrogens with one attached hydrogen (secondary N) is 1. The number of nitrogens with zero attached hydrogens (tertiary/aromatic N) is 2. The smallest absolute Gasteiger partial charge is 0.338 e. The Morgan fingerprint density at radius 3 is 3.00 bits per heavy atom. The van der Waals surface area contributed by atoms with Crippen LogP contribution in [0, 0.1) is 0 Å². The molecule has 0 aliphatic heterocycles. The summed E-state index contributed by atoms with van der Waals surface area (Å²) in [7, 11) is 0. The zero-order chi connectivity index (χ0) is 14.4. The van der Waals surface area contributed by atoms with Crippen LogP contribution in [0.25, 0.3) is 0 Å². The molecule has 0 bridgehead atoms. The van der Waals surface area contributed by atoms with Gasteiger partial charge in [0, 0.05) is 13.0 Å². The van der Waals surface area contributed by atoms with Gasteiger partial charge in [-0.15, -0.1) is 0 Å². The van der Waals surface area contributed by atoms with Gasteiger partial charge < -0.3 is 20.3 Å². The molecule has 2 aromatic rings. The predicted octanol–water partition coefficient (Wildman–Crippen LogP) is 1.48. The highest BCUT2D eigenvalue weighted by molar-refractivity contribution is 5.91. The first kappa shape index (κ1) is 13.9. The van der Waals surface area contributed by atoms with E-state index < -0.39 is 0 Å². The van der Waals surface area contributed by atoms with Crippen LogP contribution in [0.5, 0.6) is 0 Å². The summed E-state index contributed by atoms with van der Waals surface area (Å²) >= 11 is 0. The van der Waals surface area contributed by atoms with Gasteiger partial charge in [-0.25, -0.2) is 4.79 Å². The molecule has 7 nitrogen and oxygen atoms in total. The number of hydrogen-bond acceptors (Lipinski definition) is 7. The molecule has 0 aliphatic carbocycles. The fourth-order valence-electron chi connectivity index (χ4n) is 1.68. The van der Waals surface area contributed by atoms with Gasteiger partial charge in [0.05, 0.1) is 23.5 Å². The number of aromatic nitrogens is 2. The van der Waals surface area contributed by atoms with Crippen molar-refractivity contribution >= 4 is 17.3 Å². The van der Waals surface area contributed by atoms with E-state index in [4.69, 9.17) is 15.0 Å². The Morgan fingerprint density at radius 1 is 1.50 bits per heavy atom. The molecule has 106 valence electrons. The highest BCUT2D eigenvalue weighted by atomic mass is 16.5. The molecule has 0 saturated carbocycles. The number of benzene rings is 1. The highest BCUT2D eigenvalue weighted by Gasteiger charge is 2.09. The number of carbonyl (C=O) groups is 1. The number of anilines is 2. The van der Waals surface area contributed by atoms with Crippen molar-refractivity contribution in [3.8, 4) is 0 Å². The van der Waals surface area contributed by atoms with Crippen molar-refractivity contribution in [2.45, 2.75) is 13.3 Å². The van der Waals surface area contributed by atoms with Gasteiger partial charge in [0.1, 0.15) is 0 Å². The van der Waals surface area contributed by atoms with Gasteiger partial charge in [0.25, 0.3) is 0 Å². The molecular weight excluding hydrogens is 260 g/mol. The molecule has 0 radical (unpaired) electrons. The summed E-state index contributed by atoms with van der Waals surface area (Å²) in [6, 6.07) is 5.01. The molecule has 20 heavy (non-hydrogen) atoms. The van der Waals surface area contributed by atoms with E-state index in [9.17, 15) is 4.79 Å². The van der Waals surface area contributed by atoms with Crippen molar-refractivity contribution in [2.24, 2.45) is 0 Å². The number of nitrogen functional groups attached to an aromatic ring is 1. The van der Waals surface area contributed by atoms with Crippen LogP contribution in [0.3, 0.4) is 0 Å². The Labute approximate surface area is 116 Å². The van der Waals surface area contributed by atoms with Crippen molar-refractivity contribution in [2.75, 3.05) is 24.2 Å². The lowest BCUT2D eigenvalue weighted by atomic mass is 10.1. The lowest BCUT2D eigenvalue weighted by molar-refractivity contribution is 0.0526. The minimum Gasteiger partial charge on any atom is -0.462 e. The number of esters is 1. The van der Waals surface area contributed by atoms with E-state index in [0.29, 0.717) is 36.7 Å². The van der Waals surface area contributed by atoms with Crippen LogP contribution in [0.1, 0.15) is 23.2 Å². The van der Waals surface area contributed by atoms with Crippen LogP contribution >= 0.6 is 0 Å². The molecule has 0 spiro atoms. The van der Waals surface area contributed by atoms with Gasteiger partial charge in [0.2, 0.25) is 5.89 Å². The maximum absolute atomic E-state index is 11.6. The van der Waals surface area contributed by atoms with Gasteiger partial charge in [-0.2, -0.15) is 4.98 Å². The summed E-state index contributed by atoms with van der Waals surface area (Å²) in [6.07, 6.45) is 1.96. The summed E-state index contributed by atoms with van der Waals surface area (Å²) in [5.74, 6) is 0.177. The third-order valence-corrected chi connectivity index (χ3v) is 2.62. The summed E-state index contributed by atoms with van der Waals surface area (Å²) in [5.41, 5.74) is 7.56. The zero-order valence-corrected chi connectivity index (χ0v) is 11.1. The number of rotatable bonds is 6. The third kappa shape index (κ3) is 3.47. The fourth-order valence-corrected chi connectivity index (χ4v) is 1.68. The van der Waals surface area contributed by atoms with Gasteiger partial charge in [-0.3, -0.25) is 0 Å². The molecule has 0 fully saturated rings. The van der Waals surface area contributed by atoms with Gasteiger partial charge in [-0.05, 0) is 25.1 Å². The molecule has 3 N–H and O–H groups in total. The van der Waals surface area contributed by atoms with E-state index in [1.165, 1.54) is 6.33 Å². The van der Waals surface area contributed by atoms with Crippen LogP contribution in [0.4, 0.5) is 11.4 Å². The monoisotopic (exact) mass is 276 g/mol.